The molecule has 0 saturated carbocycles. The third kappa shape index (κ3) is 1.46. The zero-order valence-corrected chi connectivity index (χ0v) is 5.95. The number of hydrogen-bond donors (Lipinski definition) is 3. The lowest BCUT2D eigenvalue weighted by molar-refractivity contribution is -0.194. The molecule has 1 aliphatic heterocycles. The molecule has 1 fully saturated rings. The molecule has 0 amide bonds. The van der Waals surface area contributed by atoms with Crippen molar-refractivity contribution in [3.63, 3.8) is 0 Å². The van der Waals surface area contributed by atoms with Crippen LogP contribution in [0.1, 0.15) is 6.42 Å². The predicted molar refractivity (Wildman–Crippen MR) is 35.4 cm³/mol. The summed E-state index contributed by atoms with van der Waals surface area (Å²) >= 11 is 0. The zero-order valence-electron chi connectivity index (χ0n) is 5.95. The van der Waals surface area contributed by atoms with Crippen LogP contribution in [0.25, 0.3) is 0 Å². The van der Waals surface area contributed by atoms with E-state index >= 15 is 0 Å². The van der Waals surface area contributed by atoms with Gasteiger partial charge in [-0.25, -0.2) is 0 Å². The Hall–Kier alpha value is -0.160. The molecule has 3 atom stereocenters. The molecule has 3 N–H and O–H groups in total. The van der Waals surface area contributed by atoms with Crippen molar-refractivity contribution in [2.45, 2.75) is 24.9 Å². The molecule has 60 valence electrons. The van der Waals surface area contributed by atoms with Gasteiger partial charge in [0.05, 0.1) is 6.61 Å². The summed E-state index contributed by atoms with van der Waals surface area (Å²) in [6.07, 6.45) is -1.07. The average molecular weight is 147 g/mol. The SMILES string of the molecule is CNC1CCOC(O)C1O. The fourth-order valence-electron chi connectivity index (χ4n) is 1.10. The third-order valence-corrected chi connectivity index (χ3v) is 1.79. The van der Waals surface area contributed by atoms with Crippen LogP contribution in [0, 0.1) is 0 Å². The van der Waals surface area contributed by atoms with E-state index in [0.717, 1.165) is 6.42 Å². The second-order valence-corrected chi connectivity index (χ2v) is 2.44. The summed E-state index contributed by atoms with van der Waals surface area (Å²) in [5.41, 5.74) is 0. The number of rotatable bonds is 1. The molecule has 1 heterocycles. The highest BCUT2D eigenvalue weighted by atomic mass is 16.6. The smallest absolute Gasteiger partial charge is 0.182 e. The van der Waals surface area contributed by atoms with Crippen LogP contribution in [0.3, 0.4) is 0 Å². The summed E-state index contributed by atoms with van der Waals surface area (Å²) in [6.45, 7) is 0.504. The molecular weight excluding hydrogens is 134 g/mol. The maximum absolute atomic E-state index is 9.20. The Bertz CT molecular complexity index is 109. The van der Waals surface area contributed by atoms with E-state index in [-0.39, 0.29) is 6.04 Å². The topological polar surface area (TPSA) is 61.7 Å². The standard InChI is InChI=1S/C6H13NO3/c1-7-4-2-3-10-6(9)5(4)8/h4-9H,2-3H2,1H3. The lowest BCUT2D eigenvalue weighted by Crippen LogP contribution is -2.50. The monoisotopic (exact) mass is 147 g/mol. The molecule has 0 spiro atoms. The molecule has 0 aromatic heterocycles. The molecule has 0 aromatic carbocycles. The van der Waals surface area contributed by atoms with Crippen LogP contribution in [-0.2, 0) is 4.74 Å². The minimum atomic E-state index is -1.02. The van der Waals surface area contributed by atoms with Gasteiger partial charge in [0, 0.05) is 6.04 Å². The molecule has 1 aliphatic rings. The van der Waals surface area contributed by atoms with Crippen molar-refractivity contribution < 1.29 is 14.9 Å². The summed E-state index contributed by atoms with van der Waals surface area (Å²) < 4.78 is 4.79. The van der Waals surface area contributed by atoms with Gasteiger partial charge in [-0.05, 0) is 13.5 Å². The summed E-state index contributed by atoms with van der Waals surface area (Å²) in [5, 5.41) is 21.1. The van der Waals surface area contributed by atoms with E-state index < -0.39 is 12.4 Å². The Kier molecular flexibility index (Phi) is 2.62. The van der Waals surface area contributed by atoms with Crippen molar-refractivity contribution in [2.24, 2.45) is 0 Å². The maximum Gasteiger partial charge on any atom is 0.182 e. The quantitative estimate of drug-likeness (QED) is 0.430. The second kappa shape index (κ2) is 3.30. The summed E-state index contributed by atoms with van der Waals surface area (Å²) in [4.78, 5) is 0. The van der Waals surface area contributed by atoms with E-state index in [1.165, 1.54) is 0 Å². The third-order valence-electron chi connectivity index (χ3n) is 1.79. The van der Waals surface area contributed by atoms with Gasteiger partial charge in [-0.3, -0.25) is 0 Å². The van der Waals surface area contributed by atoms with E-state index in [9.17, 15) is 5.11 Å². The van der Waals surface area contributed by atoms with Gasteiger partial charge < -0.3 is 20.3 Å². The Morgan fingerprint density at radius 3 is 2.70 bits per heavy atom. The van der Waals surface area contributed by atoms with Crippen molar-refractivity contribution >= 4 is 0 Å². The van der Waals surface area contributed by atoms with Crippen LogP contribution >= 0.6 is 0 Å². The zero-order chi connectivity index (χ0) is 7.56. The Labute approximate surface area is 59.8 Å². The van der Waals surface area contributed by atoms with E-state index in [0.29, 0.717) is 6.61 Å². The van der Waals surface area contributed by atoms with Gasteiger partial charge in [0.2, 0.25) is 0 Å². The molecule has 10 heavy (non-hydrogen) atoms. The maximum atomic E-state index is 9.20. The van der Waals surface area contributed by atoms with Crippen molar-refractivity contribution in [1.82, 2.24) is 5.32 Å². The minimum Gasteiger partial charge on any atom is -0.386 e. The van der Waals surface area contributed by atoms with E-state index in [4.69, 9.17) is 9.84 Å². The van der Waals surface area contributed by atoms with Crippen LogP contribution in [0.4, 0.5) is 0 Å². The highest BCUT2D eigenvalue weighted by Crippen LogP contribution is 2.11. The highest BCUT2D eigenvalue weighted by molar-refractivity contribution is 4.79. The van der Waals surface area contributed by atoms with Gasteiger partial charge >= 0.3 is 0 Å². The first-order valence-corrected chi connectivity index (χ1v) is 3.40. The average Bonchev–Trinajstić information content (AvgIpc) is 1.95. The van der Waals surface area contributed by atoms with Crippen LogP contribution in [0.2, 0.25) is 0 Å². The van der Waals surface area contributed by atoms with Crippen molar-refractivity contribution in [3.8, 4) is 0 Å². The molecule has 0 bridgehead atoms. The van der Waals surface area contributed by atoms with E-state index in [1.54, 1.807) is 7.05 Å². The molecule has 0 radical (unpaired) electrons. The van der Waals surface area contributed by atoms with Crippen molar-refractivity contribution in [2.75, 3.05) is 13.7 Å². The fourth-order valence-corrected chi connectivity index (χ4v) is 1.10. The van der Waals surface area contributed by atoms with Crippen LogP contribution in [-0.4, -0.2) is 42.3 Å². The Morgan fingerprint density at radius 1 is 1.50 bits per heavy atom. The Morgan fingerprint density at radius 2 is 2.20 bits per heavy atom. The number of aliphatic hydroxyl groups is 2. The molecule has 3 unspecified atom stereocenters. The number of ether oxygens (including phenoxy) is 1. The van der Waals surface area contributed by atoms with Crippen LogP contribution in [0.15, 0.2) is 0 Å². The molecule has 4 nitrogen and oxygen atoms in total. The van der Waals surface area contributed by atoms with Gasteiger partial charge in [0.15, 0.2) is 6.29 Å². The van der Waals surface area contributed by atoms with Gasteiger partial charge in [-0.1, -0.05) is 0 Å². The largest absolute Gasteiger partial charge is 0.386 e. The highest BCUT2D eigenvalue weighted by Gasteiger charge is 2.29. The van der Waals surface area contributed by atoms with Crippen LogP contribution < -0.4 is 5.32 Å². The second-order valence-electron chi connectivity index (χ2n) is 2.44. The van der Waals surface area contributed by atoms with Gasteiger partial charge in [0.25, 0.3) is 0 Å². The van der Waals surface area contributed by atoms with Crippen LogP contribution in [0.5, 0.6) is 0 Å². The fraction of sp³-hybridized carbons (Fsp3) is 1.00. The first-order valence-electron chi connectivity index (χ1n) is 3.40. The van der Waals surface area contributed by atoms with Gasteiger partial charge in [-0.2, -0.15) is 0 Å². The number of hydrogen-bond acceptors (Lipinski definition) is 4. The lowest BCUT2D eigenvalue weighted by atomic mass is 10.1. The first-order chi connectivity index (χ1) is 4.75. The summed E-state index contributed by atoms with van der Waals surface area (Å²) in [6, 6.07) is -0.0382. The molecule has 0 aliphatic carbocycles. The molecule has 0 aromatic rings. The molecular formula is C6H13NO3. The molecule has 1 rings (SSSR count). The lowest BCUT2D eigenvalue weighted by Gasteiger charge is -2.31. The van der Waals surface area contributed by atoms with Crippen molar-refractivity contribution in [1.29, 1.82) is 0 Å². The first kappa shape index (κ1) is 7.94. The minimum absolute atomic E-state index is 0.0382. The van der Waals surface area contributed by atoms with Gasteiger partial charge in [-0.15, -0.1) is 0 Å². The number of aliphatic hydroxyl groups excluding tert-OH is 2. The van der Waals surface area contributed by atoms with E-state index in [2.05, 4.69) is 5.32 Å². The number of likely N-dealkylation sites (N-methyl/N-ethyl adjacent to an activating group) is 1. The molecule has 1 saturated heterocycles. The predicted octanol–water partition coefficient (Wildman–Crippen LogP) is -1.33. The molecule has 4 heteroatoms. The van der Waals surface area contributed by atoms with Crippen molar-refractivity contribution in [3.05, 3.63) is 0 Å². The van der Waals surface area contributed by atoms with Gasteiger partial charge in [0.1, 0.15) is 6.10 Å². The summed E-state index contributed by atoms with van der Waals surface area (Å²) in [7, 11) is 1.76. The normalized spacial score (nSPS) is 41.7. The number of nitrogens with one attached hydrogen (secondary N) is 1. The Balaban J connectivity index is 2.42. The summed E-state index contributed by atoms with van der Waals surface area (Å²) in [5.74, 6) is 0. The van der Waals surface area contributed by atoms with E-state index in [1.807, 2.05) is 0 Å².